The largest absolute Gasteiger partial charge is 0.573 e. The molecule has 3 aromatic carbocycles. The van der Waals surface area contributed by atoms with Gasteiger partial charge in [-0.2, -0.15) is 0 Å². The fourth-order valence-electron chi connectivity index (χ4n) is 2.54. The summed E-state index contributed by atoms with van der Waals surface area (Å²) < 4.78 is 41.1. The Morgan fingerprint density at radius 3 is 2.30 bits per heavy atom. The lowest BCUT2D eigenvalue weighted by molar-refractivity contribution is -0.274. The predicted molar refractivity (Wildman–Crippen MR) is 81.5 cm³/mol. The molecule has 5 heteroatoms. The first kappa shape index (κ1) is 15.1. The van der Waals surface area contributed by atoms with Crippen LogP contribution >= 0.6 is 0 Å². The number of fused-ring (bicyclic) bond motifs is 1. The molecule has 0 fully saturated rings. The van der Waals surface area contributed by atoms with Crippen molar-refractivity contribution in [2.75, 3.05) is 0 Å². The lowest BCUT2D eigenvalue weighted by Gasteiger charge is -2.12. The first-order valence-electron chi connectivity index (χ1n) is 6.81. The van der Waals surface area contributed by atoms with Gasteiger partial charge in [-0.15, -0.1) is 13.2 Å². The number of carbonyl (C=O) groups is 1. The number of alkyl halides is 3. The average molecular weight is 316 g/mol. The highest BCUT2D eigenvalue weighted by molar-refractivity contribution is 6.05. The third-order valence-electron chi connectivity index (χ3n) is 3.46. The second-order valence-corrected chi connectivity index (χ2v) is 4.94. The number of hydrogen-bond acceptors (Lipinski definition) is 2. The van der Waals surface area contributed by atoms with E-state index in [1.165, 1.54) is 18.2 Å². The van der Waals surface area contributed by atoms with Crippen molar-refractivity contribution in [2.24, 2.45) is 0 Å². The molecule has 0 aromatic heterocycles. The summed E-state index contributed by atoms with van der Waals surface area (Å²) in [4.78, 5) is 11.1. The summed E-state index contributed by atoms with van der Waals surface area (Å²) >= 11 is 0. The van der Waals surface area contributed by atoms with E-state index < -0.39 is 6.36 Å². The molecule has 0 aliphatic heterocycles. The summed E-state index contributed by atoms with van der Waals surface area (Å²) in [5, 5.41) is 1.54. The average Bonchev–Trinajstić information content (AvgIpc) is 2.52. The molecule has 0 radical (unpaired) electrons. The maximum Gasteiger partial charge on any atom is 0.573 e. The molecular formula is C18H11F3O2. The third-order valence-corrected chi connectivity index (χ3v) is 3.46. The van der Waals surface area contributed by atoms with Crippen LogP contribution in [-0.2, 0) is 0 Å². The number of aldehydes is 1. The van der Waals surface area contributed by atoms with Crippen LogP contribution in [-0.4, -0.2) is 12.6 Å². The van der Waals surface area contributed by atoms with E-state index in [0.717, 1.165) is 22.6 Å². The Hall–Kier alpha value is -2.82. The van der Waals surface area contributed by atoms with Gasteiger partial charge in [0.15, 0.2) is 6.29 Å². The Kier molecular flexibility index (Phi) is 3.78. The number of carbonyl (C=O) groups excluding carboxylic acids is 1. The number of hydrogen-bond donors (Lipinski definition) is 0. The normalized spacial score (nSPS) is 11.4. The molecule has 0 saturated carbocycles. The van der Waals surface area contributed by atoms with E-state index in [4.69, 9.17) is 0 Å². The Labute approximate surface area is 130 Å². The topological polar surface area (TPSA) is 26.3 Å². The Bertz CT molecular complexity index is 870. The van der Waals surface area contributed by atoms with E-state index in [1.54, 1.807) is 24.3 Å². The molecule has 116 valence electrons. The van der Waals surface area contributed by atoms with Gasteiger partial charge in [-0.1, -0.05) is 48.5 Å². The van der Waals surface area contributed by atoms with Crippen LogP contribution in [0.4, 0.5) is 13.2 Å². The van der Waals surface area contributed by atoms with E-state index in [-0.39, 0.29) is 5.75 Å². The SMILES string of the molecule is O=Cc1ccc(-c2cccc(OC(F)(F)F)c2)c2ccccc12. The van der Waals surface area contributed by atoms with E-state index in [2.05, 4.69) is 4.74 Å². The van der Waals surface area contributed by atoms with Crippen LogP contribution in [0.3, 0.4) is 0 Å². The fourth-order valence-corrected chi connectivity index (χ4v) is 2.54. The van der Waals surface area contributed by atoms with Crippen molar-refractivity contribution in [3.63, 3.8) is 0 Å². The zero-order chi connectivity index (χ0) is 16.4. The van der Waals surface area contributed by atoms with Gasteiger partial charge >= 0.3 is 6.36 Å². The van der Waals surface area contributed by atoms with E-state index >= 15 is 0 Å². The van der Waals surface area contributed by atoms with Crippen LogP contribution in [0, 0.1) is 0 Å². The molecule has 0 spiro atoms. The van der Waals surface area contributed by atoms with Gasteiger partial charge in [-0.25, -0.2) is 0 Å². The van der Waals surface area contributed by atoms with Crippen LogP contribution in [0.15, 0.2) is 60.7 Å². The van der Waals surface area contributed by atoms with Gasteiger partial charge in [-0.3, -0.25) is 4.79 Å². The second kappa shape index (κ2) is 5.76. The molecule has 23 heavy (non-hydrogen) atoms. The predicted octanol–water partition coefficient (Wildman–Crippen LogP) is 5.22. The quantitative estimate of drug-likeness (QED) is 0.619. The number of ether oxygens (including phenoxy) is 1. The molecule has 3 rings (SSSR count). The second-order valence-electron chi connectivity index (χ2n) is 4.94. The minimum absolute atomic E-state index is 0.279. The Morgan fingerprint density at radius 1 is 0.870 bits per heavy atom. The third kappa shape index (κ3) is 3.18. The van der Waals surface area contributed by atoms with Crippen LogP contribution in [0.25, 0.3) is 21.9 Å². The highest BCUT2D eigenvalue weighted by Gasteiger charge is 2.31. The van der Waals surface area contributed by atoms with Crippen LogP contribution in [0.5, 0.6) is 5.75 Å². The van der Waals surface area contributed by atoms with E-state index in [1.807, 2.05) is 18.2 Å². The summed E-state index contributed by atoms with van der Waals surface area (Å²) in [6.07, 6.45) is -3.97. The van der Waals surface area contributed by atoms with Crippen molar-refractivity contribution in [3.8, 4) is 16.9 Å². The smallest absolute Gasteiger partial charge is 0.406 e. The number of benzene rings is 3. The molecule has 0 unspecified atom stereocenters. The molecule has 3 aromatic rings. The zero-order valence-corrected chi connectivity index (χ0v) is 11.8. The lowest BCUT2D eigenvalue weighted by Crippen LogP contribution is -2.17. The van der Waals surface area contributed by atoms with Crippen molar-refractivity contribution in [1.29, 1.82) is 0 Å². The first-order valence-corrected chi connectivity index (χ1v) is 6.81. The standard InChI is InChI=1S/C18H11F3O2/c19-18(20,21)23-14-5-3-4-12(10-14)16-9-8-13(11-22)15-6-1-2-7-17(15)16/h1-11H. The molecule has 0 aliphatic carbocycles. The van der Waals surface area contributed by atoms with Gasteiger partial charge in [0.05, 0.1) is 0 Å². The molecule has 2 nitrogen and oxygen atoms in total. The molecule has 0 bridgehead atoms. The van der Waals surface area contributed by atoms with E-state index in [9.17, 15) is 18.0 Å². The summed E-state index contributed by atoms with van der Waals surface area (Å²) in [5.41, 5.74) is 1.85. The molecule has 0 aliphatic rings. The van der Waals surface area contributed by atoms with Gasteiger partial charge in [0.2, 0.25) is 0 Å². The molecule has 0 heterocycles. The van der Waals surface area contributed by atoms with Gasteiger partial charge in [0.1, 0.15) is 5.75 Å². The zero-order valence-electron chi connectivity index (χ0n) is 11.8. The number of rotatable bonds is 3. The van der Waals surface area contributed by atoms with Gasteiger partial charge in [0.25, 0.3) is 0 Å². The van der Waals surface area contributed by atoms with Crippen LogP contribution in [0.1, 0.15) is 10.4 Å². The maximum absolute atomic E-state index is 12.4. The Morgan fingerprint density at radius 2 is 1.61 bits per heavy atom. The highest BCUT2D eigenvalue weighted by Crippen LogP contribution is 2.33. The summed E-state index contributed by atoms with van der Waals surface area (Å²) in [6, 6.07) is 16.4. The number of halogens is 3. The maximum atomic E-state index is 12.4. The van der Waals surface area contributed by atoms with Crippen LogP contribution < -0.4 is 4.74 Å². The van der Waals surface area contributed by atoms with Gasteiger partial charge in [0, 0.05) is 5.56 Å². The molecule has 0 N–H and O–H groups in total. The molecular weight excluding hydrogens is 305 g/mol. The van der Waals surface area contributed by atoms with Crippen LogP contribution in [0.2, 0.25) is 0 Å². The monoisotopic (exact) mass is 316 g/mol. The minimum Gasteiger partial charge on any atom is -0.406 e. The fraction of sp³-hybridized carbons (Fsp3) is 0.0556. The summed E-state index contributed by atoms with van der Waals surface area (Å²) in [6.45, 7) is 0. The molecule has 0 saturated heterocycles. The van der Waals surface area contributed by atoms with Crippen molar-refractivity contribution >= 4 is 17.1 Å². The lowest BCUT2D eigenvalue weighted by atomic mass is 9.95. The molecule has 0 atom stereocenters. The highest BCUT2D eigenvalue weighted by atomic mass is 19.4. The first-order chi connectivity index (χ1) is 11.0. The van der Waals surface area contributed by atoms with Crippen molar-refractivity contribution < 1.29 is 22.7 Å². The molecule has 0 amide bonds. The minimum atomic E-state index is -4.73. The van der Waals surface area contributed by atoms with Crippen molar-refractivity contribution in [3.05, 3.63) is 66.2 Å². The summed E-state index contributed by atoms with van der Waals surface area (Å²) in [5.74, 6) is -0.279. The van der Waals surface area contributed by atoms with Crippen molar-refractivity contribution in [2.45, 2.75) is 6.36 Å². The summed E-state index contributed by atoms with van der Waals surface area (Å²) in [7, 11) is 0. The van der Waals surface area contributed by atoms with E-state index in [0.29, 0.717) is 11.1 Å². The Balaban J connectivity index is 2.14. The van der Waals surface area contributed by atoms with Gasteiger partial charge in [-0.05, 0) is 34.0 Å². The van der Waals surface area contributed by atoms with Crippen molar-refractivity contribution in [1.82, 2.24) is 0 Å². The van der Waals surface area contributed by atoms with Gasteiger partial charge < -0.3 is 4.74 Å².